The maximum atomic E-state index is 13.9. The fraction of sp³-hybridized carbons (Fsp3) is 0.345. The smallest absolute Gasteiger partial charge is 0.268 e. The second-order valence-corrected chi connectivity index (χ2v) is 10.4. The number of benzene rings is 2. The highest BCUT2D eigenvalue weighted by molar-refractivity contribution is 6.01. The molecule has 1 aromatic heterocycles. The average Bonchev–Trinajstić information content (AvgIpc) is 3.53. The number of anilines is 1. The molecule has 2 aliphatic heterocycles. The zero-order valence-electron chi connectivity index (χ0n) is 20.9. The fourth-order valence-corrected chi connectivity index (χ4v) is 5.68. The van der Waals surface area contributed by atoms with Gasteiger partial charge in [-0.1, -0.05) is 50.8 Å². The van der Waals surface area contributed by atoms with Gasteiger partial charge in [0.2, 0.25) is 5.91 Å². The number of nitrogens with one attached hydrogen (secondary N) is 3. The summed E-state index contributed by atoms with van der Waals surface area (Å²) >= 11 is 0. The van der Waals surface area contributed by atoms with E-state index in [1.807, 2.05) is 69.3 Å². The van der Waals surface area contributed by atoms with Crippen LogP contribution in [0.4, 0.5) is 5.69 Å². The number of likely N-dealkylation sites (tertiary alicyclic amines) is 1. The molecule has 36 heavy (non-hydrogen) atoms. The van der Waals surface area contributed by atoms with E-state index in [0.29, 0.717) is 25.1 Å². The summed E-state index contributed by atoms with van der Waals surface area (Å²) in [5.41, 5.74) is 4.67. The van der Waals surface area contributed by atoms with Gasteiger partial charge in [-0.2, -0.15) is 5.26 Å². The number of aryl methyl sites for hydroxylation is 1. The standard InChI is InChI=1S/C29H31N5O2/c1-17(2)12-26(33-27(35)25-13-21-18(3)8-7-11-23(21)32-25)28(36)34-16-29(14-20(34)15-30)19(4)31-24-10-6-5-9-22(24)29/h5-11,13,17,20,26,31-32H,4,12,14,16H2,1-3H3,(H,33,35)/t20-,26-,29+/m0/s1. The summed E-state index contributed by atoms with van der Waals surface area (Å²) in [7, 11) is 0. The van der Waals surface area contributed by atoms with Gasteiger partial charge in [0.25, 0.3) is 5.91 Å². The maximum absolute atomic E-state index is 13.9. The molecule has 2 amide bonds. The molecule has 7 nitrogen and oxygen atoms in total. The van der Waals surface area contributed by atoms with E-state index < -0.39 is 17.5 Å². The third kappa shape index (κ3) is 3.83. The lowest BCUT2D eigenvalue weighted by molar-refractivity contribution is -0.133. The Morgan fingerprint density at radius 3 is 2.75 bits per heavy atom. The minimum absolute atomic E-state index is 0.171. The first-order chi connectivity index (χ1) is 17.2. The highest BCUT2D eigenvalue weighted by Gasteiger charge is 2.53. The zero-order chi connectivity index (χ0) is 25.6. The molecule has 3 aromatic rings. The summed E-state index contributed by atoms with van der Waals surface area (Å²) < 4.78 is 0. The van der Waals surface area contributed by atoms with Crippen LogP contribution in [0.1, 0.15) is 48.3 Å². The molecular formula is C29H31N5O2. The second kappa shape index (κ2) is 8.87. The largest absolute Gasteiger partial charge is 0.358 e. The highest BCUT2D eigenvalue weighted by atomic mass is 16.2. The Labute approximate surface area is 211 Å². The van der Waals surface area contributed by atoms with Crippen molar-refractivity contribution < 1.29 is 9.59 Å². The van der Waals surface area contributed by atoms with Gasteiger partial charge in [-0.15, -0.1) is 0 Å². The number of hydrogen-bond donors (Lipinski definition) is 3. The molecule has 0 unspecified atom stereocenters. The molecule has 1 spiro atoms. The van der Waals surface area contributed by atoms with Crippen LogP contribution in [0.5, 0.6) is 0 Å². The lowest BCUT2D eigenvalue weighted by Gasteiger charge is -2.29. The highest BCUT2D eigenvalue weighted by Crippen LogP contribution is 2.50. The third-order valence-electron chi connectivity index (χ3n) is 7.53. The number of hydrogen-bond acceptors (Lipinski definition) is 4. The van der Waals surface area contributed by atoms with E-state index in [1.54, 1.807) is 4.90 Å². The van der Waals surface area contributed by atoms with Crippen molar-refractivity contribution in [2.24, 2.45) is 5.92 Å². The molecule has 7 heteroatoms. The minimum atomic E-state index is -0.742. The van der Waals surface area contributed by atoms with E-state index in [9.17, 15) is 14.9 Å². The van der Waals surface area contributed by atoms with Crippen molar-refractivity contribution in [2.75, 3.05) is 11.9 Å². The first kappa shape index (κ1) is 23.7. The molecule has 0 saturated carbocycles. The van der Waals surface area contributed by atoms with Gasteiger partial charge in [0, 0.05) is 28.8 Å². The van der Waals surface area contributed by atoms with Crippen molar-refractivity contribution in [1.82, 2.24) is 15.2 Å². The van der Waals surface area contributed by atoms with Crippen molar-refractivity contribution >= 4 is 28.4 Å². The molecule has 3 N–H and O–H groups in total. The van der Waals surface area contributed by atoms with Crippen LogP contribution < -0.4 is 10.6 Å². The van der Waals surface area contributed by atoms with Crippen LogP contribution in [0.3, 0.4) is 0 Å². The summed E-state index contributed by atoms with van der Waals surface area (Å²) in [6.07, 6.45) is 0.947. The van der Waals surface area contributed by atoms with Gasteiger partial charge in [-0.05, 0) is 55.0 Å². The number of fused-ring (bicyclic) bond motifs is 3. The number of carbonyl (C=O) groups excluding carboxylic acids is 2. The molecule has 0 bridgehead atoms. The van der Waals surface area contributed by atoms with Gasteiger partial charge >= 0.3 is 0 Å². The van der Waals surface area contributed by atoms with Gasteiger partial charge in [-0.3, -0.25) is 9.59 Å². The van der Waals surface area contributed by atoms with Crippen molar-refractivity contribution in [1.29, 1.82) is 5.26 Å². The molecule has 2 aromatic carbocycles. The Morgan fingerprint density at radius 1 is 1.25 bits per heavy atom. The molecule has 0 aliphatic carbocycles. The van der Waals surface area contributed by atoms with Crippen LogP contribution in [-0.4, -0.2) is 40.3 Å². The maximum Gasteiger partial charge on any atom is 0.268 e. The third-order valence-corrected chi connectivity index (χ3v) is 7.53. The molecule has 3 atom stereocenters. The van der Waals surface area contributed by atoms with Crippen LogP contribution in [0.15, 0.2) is 60.8 Å². The summed E-state index contributed by atoms with van der Waals surface area (Å²) in [5, 5.41) is 17.3. The van der Waals surface area contributed by atoms with Crippen molar-refractivity contribution in [3.63, 3.8) is 0 Å². The van der Waals surface area contributed by atoms with Gasteiger partial charge in [0.1, 0.15) is 17.8 Å². The SMILES string of the molecule is C=C1Nc2ccccc2[C@@]12C[C@@H](C#N)N(C(=O)[C@H](CC(C)C)NC(=O)c1cc3c(C)cccc3[nH]1)C2. The normalized spacial score (nSPS) is 21.5. The monoisotopic (exact) mass is 481 g/mol. The molecule has 1 fully saturated rings. The molecule has 3 heterocycles. The Balaban J connectivity index is 1.42. The first-order valence-corrected chi connectivity index (χ1v) is 12.4. The quantitative estimate of drug-likeness (QED) is 0.495. The lowest BCUT2D eigenvalue weighted by atomic mass is 9.78. The lowest BCUT2D eigenvalue weighted by Crippen LogP contribution is -2.51. The number of aromatic nitrogens is 1. The summed E-state index contributed by atoms with van der Waals surface area (Å²) in [6.45, 7) is 10.6. The van der Waals surface area contributed by atoms with Gasteiger partial charge in [0.05, 0.1) is 11.5 Å². The molecular weight excluding hydrogens is 450 g/mol. The van der Waals surface area contributed by atoms with Crippen LogP contribution >= 0.6 is 0 Å². The number of amides is 2. The van der Waals surface area contributed by atoms with E-state index in [0.717, 1.165) is 33.4 Å². The molecule has 184 valence electrons. The Kier molecular flexibility index (Phi) is 5.83. The van der Waals surface area contributed by atoms with Gasteiger partial charge in [-0.25, -0.2) is 0 Å². The number of H-pyrrole nitrogens is 1. The fourth-order valence-electron chi connectivity index (χ4n) is 5.68. The first-order valence-electron chi connectivity index (χ1n) is 12.4. The Morgan fingerprint density at radius 2 is 2.03 bits per heavy atom. The summed E-state index contributed by atoms with van der Waals surface area (Å²) in [4.78, 5) is 32.0. The van der Waals surface area contributed by atoms with E-state index in [1.165, 1.54) is 0 Å². The van der Waals surface area contributed by atoms with Crippen molar-refractivity contribution in [2.45, 2.75) is 51.1 Å². The Bertz CT molecular complexity index is 1410. The van der Waals surface area contributed by atoms with Crippen molar-refractivity contribution in [3.05, 3.63) is 77.6 Å². The Hall–Kier alpha value is -4.05. The average molecular weight is 482 g/mol. The van der Waals surface area contributed by atoms with Crippen LogP contribution in [-0.2, 0) is 10.2 Å². The van der Waals surface area contributed by atoms with Gasteiger partial charge in [0.15, 0.2) is 0 Å². The number of nitriles is 1. The summed E-state index contributed by atoms with van der Waals surface area (Å²) in [5.74, 6) is -0.389. The van der Waals surface area contributed by atoms with Crippen molar-refractivity contribution in [3.8, 4) is 6.07 Å². The number of aromatic amines is 1. The van der Waals surface area contributed by atoms with Crippen LogP contribution in [0.25, 0.3) is 10.9 Å². The zero-order valence-corrected chi connectivity index (χ0v) is 20.9. The number of rotatable bonds is 5. The predicted octanol–water partition coefficient (Wildman–Crippen LogP) is 4.62. The molecule has 2 aliphatic rings. The van der Waals surface area contributed by atoms with Gasteiger partial charge < -0.3 is 20.5 Å². The molecule has 0 radical (unpaired) electrons. The van der Waals surface area contributed by atoms with E-state index in [4.69, 9.17) is 0 Å². The summed E-state index contributed by atoms with van der Waals surface area (Å²) in [6, 6.07) is 16.6. The van der Waals surface area contributed by atoms with Crippen LogP contribution in [0.2, 0.25) is 0 Å². The predicted molar refractivity (Wildman–Crippen MR) is 140 cm³/mol. The van der Waals surface area contributed by atoms with E-state index >= 15 is 0 Å². The molecule has 1 saturated heterocycles. The van der Waals surface area contributed by atoms with E-state index in [2.05, 4.69) is 28.3 Å². The van der Waals surface area contributed by atoms with Crippen LogP contribution in [0, 0.1) is 24.2 Å². The molecule has 5 rings (SSSR count). The minimum Gasteiger partial charge on any atom is -0.358 e. The number of carbonyl (C=O) groups is 2. The van der Waals surface area contributed by atoms with E-state index in [-0.39, 0.29) is 17.7 Å². The number of para-hydroxylation sites is 1. The number of nitrogens with zero attached hydrogens (tertiary/aromatic N) is 2. The second-order valence-electron chi connectivity index (χ2n) is 10.4. The topological polar surface area (TPSA) is 101 Å².